The summed E-state index contributed by atoms with van der Waals surface area (Å²) in [6, 6.07) is 6.22. The third-order valence-corrected chi connectivity index (χ3v) is 3.93. The fourth-order valence-electron chi connectivity index (χ4n) is 2.40. The topological polar surface area (TPSA) is 47.0 Å². The molecule has 130 valence electrons. The van der Waals surface area contributed by atoms with Crippen molar-refractivity contribution < 1.29 is 4.74 Å². The van der Waals surface area contributed by atoms with Crippen LogP contribution >= 0.6 is 36.4 Å². The second kappa shape index (κ2) is 10.5. The molecule has 0 aromatic carbocycles. The van der Waals surface area contributed by atoms with Gasteiger partial charge in [0.05, 0.1) is 6.20 Å². The van der Waals surface area contributed by atoms with Crippen LogP contribution in [0.25, 0.3) is 12.2 Å². The van der Waals surface area contributed by atoms with Gasteiger partial charge in [-0.25, -0.2) is 4.98 Å². The summed E-state index contributed by atoms with van der Waals surface area (Å²) < 4.78 is 5.81. The molecule has 1 atom stereocenters. The molecule has 0 saturated carbocycles. The van der Waals surface area contributed by atoms with Crippen molar-refractivity contribution in [2.45, 2.75) is 18.9 Å². The summed E-state index contributed by atoms with van der Waals surface area (Å²) in [5.74, 6) is 0.743. The normalized spacial score (nSPS) is 16.5. The molecule has 2 aromatic rings. The first-order valence-corrected chi connectivity index (χ1v) is 7.79. The number of ether oxygens (including phenoxy) is 1. The molecular weight excluding hydrogens is 369 g/mol. The van der Waals surface area contributed by atoms with E-state index in [1.54, 1.807) is 18.6 Å². The maximum Gasteiger partial charge on any atom is 0.138 e. The Kier molecular flexibility index (Phi) is 9.08. The van der Waals surface area contributed by atoms with Crippen molar-refractivity contribution in [3.8, 4) is 5.75 Å². The van der Waals surface area contributed by atoms with Gasteiger partial charge in [-0.3, -0.25) is 4.98 Å². The van der Waals surface area contributed by atoms with Gasteiger partial charge in [-0.2, -0.15) is 0 Å². The molecule has 0 aliphatic carbocycles. The van der Waals surface area contributed by atoms with E-state index in [1.165, 1.54) is 6.42 Å². The zero-order valence-corrected chi connectivity index (χ0v) is 15.4. The van der Waals surface area contributed by atoms with Gasteiger partial charge < -0.3 is 10.1 Å². The first-order valence-electron chi connectivity index (χ1n) is 7.41. The minimum atomic E-state index is 0. The van der Waals surface area contributed by atoms with E-state index >= 15 is 0 Å². The molecule has 3 heterocycles. The van der Waals surface area contributed by atoms with Crippen LogP contribution in [0.2, 0.25) is 5.15 Å². The van der Waals surface area contributed by atoms with Gasteiger partial charge in [-0.05, 0) is 43.1 Å². The summed E-state index contributed by atoms with van der Waals surface area (Å²) in [5, 5.41) is 3.88. The van der Waals surface area contributed by atoms with Crippen molar-refractivity contribution in [1.29, 1.82) is 0 Å². The Morgan fingerprint density at radius 3 is 2.75 bits per heavy atom. The molecule has 0 bridgehead atoms. The molecule has 0 radical (unpaired) electrons. The van der Waals surface area contributed by atoms with E-state index in [-0.39, 0.29) is 24.8 Å². The predicted octanol–water partition coefficient (Wildman–Crippen LogP) is 4.27. The molecular formula is C17H20Cl3N3O. The van der Waals surface area contributed by atoms with Crippen LogP contribution in [0.15, 0.2) is 36.8 Å². The minimum Gasteiger partial charge on any atom is -0.490 e. The second-order valence-electron chi connectivity index (χ2n) is 5.27. The van der Waals surface area contributed by atoms with Gasteiger partial charge in [0.15, 0.2) is 0 Å². The van der Waals surface area contributed by atoms with Crippen LogP contribution in [0.4, 0.5) is 0 Å². The predicted molar refractivity (Wildman–Crippen MR) is 103 cm³/mol. The number of aromatic nitrogens is 2. The highest BCUT2D eigenvalue weighted by Crippen LogP contribution is 2.22. The molecule has 0 unspecified atom stereocenters. The van der Waals surface area contributed by atoms with Gasteiger partial charge in [0.2, 0.25) is 0 Å². The lowest BCUT2D eigenvalue weighted by Gasteiger charge is -2.12. The second-order valence-corrected chi connectivity index (χ2v) is 5.63. The van der Waals surface area contributed by atoms with Crippen LogP contribution in [-0.2, 0) is 0 Å². The van der Waals surface area contributed by atoms with Crippen molar-refractivity contribution >= 4 is 48.6 Å². The number of hydrogen-bond acceptors (Lipinski definition) is 4. The van der Waals surface area contributed by atoms with Crippen molar-refractivity contribution in [3.05, 3.63) is 53.1 Å². The minimum absolute atomic E-state index is 0. The summed E-state index contributed by atoms with van der Waals surface area (Å²) >= 11 is 6.15. The summed E-state index contributed by atoms with van der Waals surface area (Å²) in [6.45, 7) is 1.74. The Labute approximate surface area is 159 Å². The first kappa shape index (κ1) is 20.7. The molecule has 1 aliphatic heterocycles. The quantitative estimate of drug-likeness (QED) is 0.777. The summed E-state index contributed by atoms with van der Waals surface area (Å²) in [7, 11) is 0. The summed E-state index contributed by atoms with van der Waals surface area (Å²) in [4.78, 5) is 8.19. The van der Waals surface area contributed by atoms with Crippen molar-refractivity contribution in [2.24, 2.45) is 0 Å². The van der Waals surface area contributed by atoms with Crippen LogP contribution in [0, 0.1) is 0 Å². The van der Waals surface area contributed by atoms with Crippen LogP contribution in [0.5, 0.6) is 5.75 Å². The van der Waals surface area contributed by atoms with Crippen molar-refractivity contribution in [3.63, 3.8) is 0 Å². The number of rotatable bonds is 5. The Hall–Kier alpha value is -1.33. The van der Waals surface area contributed by atoms with Gasteiger partial charge in [0.1, 0.15) is 17.5 Å². The van der Waals surface area contributed by atoms with E-state index in [0.717, 1.165) is 29.8 Å². The first-order chi connectivity index (χ1) is 10.8. The zero-order chi connectivity index (χ0) is 15.2. The molecule has 0 spiro atoms. The molecule has 3 rings (SSSR count). The van der Waals surface area contributed by atoms with Crippen LogP contribution < -0.4 is 10.1 Å². The van der Waals surface area contributed by atoms with E-state index < -0.39 is 0 Å². The third-order valence-electron chi connectivity index (χ3n) is 3.62. The van der Waals surface area contributed by atoms with Crippen LogP contribution in [0.1, 0.15) is 24.0 Å². The number of halogens is 3. The molecule has 4 nitrogen and oxygen atoms in total. The maximum absolute atomic E-state index is 6.15. The van der Waals surface area contributed by atoms with Crippen LogP contribution in [0.3, 0.4) is 0 Å². The molecule has 1 N–H and O–H groups in total. The fraction of sp³-hybridized carbons (Fsp3) is 0.294. The molecule has 0 amide bonds. The Bertz CT molecular complexity index is 647. The molecule has 1 saturated heterocycles. The standard InChI is InChI=1S/C17H18ClN3O.2ClH/c18-17-14(4-3-13-5-8-19-9-6-13)10-16(11-21-17)22-12-15-2-1-7-20-15;;/h3-6,8-11,15,20H,1-2,7,12H2;2*1H/t15-;;/m1../s1. The average molecular weight is 389 g/mol. The zero-order valence-electron chi connectivity index (χ0n) is 13.0. The number of hydrogen-bond donors (Lipinski definition) is 1. The van der Waals surface area contributed by atoms with Gasteiger partial charge in [-0.15, -0.1) is 24.8 Å². The molecule has 1 aliphatic rings. The highest BCUT2D eigenvalue weighted by Gasteiger charge is 2.14. The largest absolute Gasteiger partial charge is 0.490 e. The van der Waals surface area contributed by atoms with Crippen LogP contribution in [-0.4, -0.2) is 29.2 Å². The van der Waals surface area contributed by atoms with E-state index in [2.05, 4.69) is 15.3 Å². The molecule has 24 heavy (non-hydrogen) atoms. The highest BCUT2D eigenvalue weighted by atomic mass is 35.5. The van der Waals surface area contributed by atoms with E-state index in [9.17, 15) is 0 Å². The summed E-state index contributed by atoms with van der Waals surface area (Å²) in [5.41, 5.74) is 1.91. The van der Waals surface area contributed by atoms with Gasteiger partial charge in [0, 0.05) is 24.0 Å². The SMILES string of the molecule is Cl.Cl.Clc1ncc(OC[C@H]2CCCN2)cc1C=Cc1ccncc1. The average Bonchev–Trinajstić information content (AvgIpc) is 3.07. The number of pyridine rings is 2. The molecule has 7 heteroatoms. The van der Waals surface area contributed by atoms with E-state index in [1.807, 2.05) is 30.4 Å². The van der Waals surface area contributed by atoms with E-state index in [0.29, 0.717) is 17.8 Å². The van der Waals surface area contributed by atoms with Gasteiger partial charge in [-0.1, -0.05) is 23.8 Å². The molecule has 2 aromatic heterocycles. The summed E-state index contributed by atoms with van der Waals surface area (Å²) in [6.07, 6.45) is 11.5. The Morgan fingerprint density at radius 1 is 1.25 bits per heavy atom. The monoisotopic (exact) mass is 387 g/mol. The highest BCUT2D eigenvalue weighted by molar-refractivity contribution is 6.31. The van der Waals surface area contributed by atoms with Gasteiger partial charge in [0.25, 0.3) is 0 Å². The lowest BCUT2D eigenvalue weighted by molar-refractivity contribution is 0.276. The number of nitrogens with zero attached hydrogens (tertiary/aromatic N) is 2. The smallest absolute Gasteiger partial charge is 0.138 e. The van der Waals surface area contributed by atoms with E-state index in [4.69, 9.17) is 16.3 Å². The third kappa shape index (κ3) is 5.95. The van der Waals surface area contributed by atoms with Crippen molar-refractivity contribution in [2.75, 3.05) is 13.2 Å². The maximum atomic E-state index is 6.15. The Balaban J connectivity index is 0.00000144. The van der Waals surface area contributed by atoms with Crippen molar-refractivity contribution in [1.82, 2.24) is 15.3 Å². The number of nitrogens with one attached hydrogen (secondary N) is 1. The lowest BCUT2D eigenvalue weighted by Crippen LogP contribution is -2.28. The molecule has 1 fully saturated rings. The van der Waals surface area contributed by atoms with Gasteiger partial charge >= 0.3 is 0 Å². The Morgan fingerprint density at radius 2 is 2.04 bits per heavy atom. The fourth-order valence-corrected chi connectivity index (χ4v) is 2.56. The lowest BCUT2D eigenvalue weighted by atomic mass is 10.2.